The molecule has 0 radical (unpaired) electrons. The average molecular weight is 279 g/mol. The lowest BCUT2D eigenvalue weighted by atomic mass is 9.96. The summed E-state index contributed by atoms with van der Waals surface area (Å²) in [7, 11) is 0.822. The van der Waals surface area contributed by atoms with Crippen molar-refractivity contribution in [2.24, 2.45) is 0 Å². The zero-order valence-electron chi connectivity index (χ0n) is 9.39. The van der Waals surface area contributed by atoms with E-state index in [0.717, 1.165) is 13.2 Å². The van der Waals surface area contributed by atoms with Gasteiger partial charge >= 0.3 is 12.1 Å². The number of benzene rings is 1. The SMILES string of the molecule is COC(=O)c1ccc(C#N)c(C(F)F)c1C(F)(F)F. The van der Waals surface area contributed by atoms with E-state index < -0.39 is 40.8 Å². The first-order chi connectivity index (χ1) is 8.73. The molecule has 0 aliphatic heterocycles. The van der Waals surface area contributed by atoms with E-state index in [2.05, 4.69) is 4.74 Å². The van der Waals surface area contributed by atoms with Gasteiger partial charge in [0.25, 0.3) is 6.43 Å². The molecule has 0 saturated carbocycles. The van der Waals surface area contributed by atoms with Gasteiger partial charge < -0.3 is 4.74 Å². The zero-order chi connectivity index (χ0) is 14.8. The van der Waals surface area contributed by atoms with E-state index in [1.54, 1.807) is 0 Å². The highest BCUT2D eigenvalue weighted by atomic mass is 19.4. The van der Waals surface area contributed by atoms with Gasteiger partial charge in [-0.05, 0) is 12.1 Å². The van der Waals surface area contributed by atoms with Gasteiger partial charge in [0.15, 0.2) is 0 Å². The quantitative estimate of drug-likeness (QED) is 0.616. The maximum Gasteiger partial charge on any atom is 0.417 e. The summed E-state index contributed by atoms with van der Waals surface area (Å²) in [5.74, 6) is -1.40. The van der Waals surface area contributed by atoms with E-state index >= 15 is 0 Å². The van der Waals surface area contributed by atoms with Crippen molar-refractivity contribution in [3.05, 3.63) is 34.4 Å². The Balaban J connectivity index is 3.76. The molecule has 0 unspecified atom stereocenters. The molecular weight excluding hydrogens is 273 g/mol. The van der Waals surface area contributed by atoms with Crippen molar-refractivity contribution in [2.45, 2.75) is 12.6 Å². The second-order valence-electron chi connectivity index (χ2n) is 3.35. The first-order valence-corrected chi connectivity index (χ1v) is 4.74. The summed E-state index contributed by atoms with van der Waals surface area (Å²) < 4.78 is 68.1. The molecule has 1 aromatic rings. The molecular formula is C11H6F5NO2. The maximum atomic E-state index is 12.8. The van der Waals surface area contributed by atoms with E-state index in [1.807, 2.05) is 0 Å². The number of carbonyl (C=O) groups excluding carboxylic acids is 1. The van der Waals surface area contributed by atoms with Crippen molar-refractivity contribution in [2.75, 3.05) is 7.11 Å². The molecule has 3 nitrogen and oxygen atoms in total. The Kier molecular flexibility index (Phi) is 4.09. The summed E-state index contributed by atoms with van der Waals surface area (Å²) in [6.07, 6.45) is -8.75. The Hall–Kier alpha value is -2.17. The molecule has 0 aromatic heterocycles. The smallest absolute Gasteiger partial charge is 0.417 e. The third-order valence-electron chi connectivity index (χ3n) is 2.27. The van der Waals surface area contributed by atoms with Crippen LogP contribution in [0.15, 0.2) is 12.1 Å². The standard InChI is InChI=1S/C11H6F5NO2/c1-19-10(18)6-3-2-5(4-17)7(9(12)13)8(6)11(14,15)16/h2-3,9H,1H3. The van der Waals surface area contributed by atoms with Crippen LogP contribution in [0.25, 0.3) is 0 Å². The highest BCUT2D eigenvalue weighted by Crippen LogP contribution is 2.40. The van der Waals surface area contributed by atoms with Crippen LogP contribution in [0.5, 0.6) is 0 Å². The van der Waals surface area contributed by atoms with Crippen LogP contribution in [0, 0.1) is 11.3 Å². The molecule has 0 spiro atoms. The number of esters is 1. The summed E-state index contributed by atoms with van der Waals surface area (Å²) in [5, 5.41) is 8.58. The number of methoxy groups -OCH3 is 1. The third kappa shape index (κ3) is 2.81. The molecule has 0 amide bonds. The molecule has 0 saturated heterocycles. The normalized spacial score (nSPS) is 11.3. The molecule has 0 bridgehead atoms. The fourth-order valence-electron chi connectivity index (χ4n) is 1.53. The average Bonchev–Trinajstić information content (AvgIpc) is 2.34. The second kappa shape index (κ2) is 5.22. The number of halogens is 5. The highest BCUT2D eigenvalue weighted by Gasteiger charge is 2.41. The minimum Gasteiger partial charge on any atom is -0.465 e. The first kappa shape index (κ1) is 14.9. The van der Waals surface area contributed by atoms with Crippen molar-refractivity contribution in [1.29, 1.82) is 5.26 Å². The van der Waals surface area contributed by atoms with Gasteiger partial charge in [0, 0.05) is 5.56 Å². The van der Waals surface area contributed by atoms with Gasteiger partial charge in [-0.3, -0.25) is 0 Å². The molecule has 8 heteroatoms. The van der Waals surface area contributed by atoms with Crippen molar-refractivity contribution < 1.29 is 31.5 Å². The fraction of sp³-hybridized carbons (Fsp3) is 0.273. The van der Waals surface area contributed by atoms with E-state index in [-0.39, 0.29) is 0 Å². The van der Waals surface area contributed by atoms with Crippen LogP contribution in [-0.4, -0.2) is 13.1 Å². The largest absolute Gasteiger partial charge is 0.465 e. The topological polar surface area (TPSA) is 50.1 Å². The molecule has 0 aliphatic carbocycles. The van der Waals surface area contributed by atoms with Gasteiger partial charge in [-0.15, -0.1) is 0 Å². The molecule has 1 rings (SSSR count). The lowest BCUT2D eigenvalue weighted by Crippen LogP contribution is -2.18. The lowest BCUT2D eigenvalue weighted by Gasteiger charge is -2.17. The molecule has 0 fully saturated rings. The van der Waals surface area contributed by atoms with Crippen LogP contribution in [0.4, 0.5) is 22.0 Å². The molecule has 0 N–H and O–H groups in total. The van der Waals surface area contributed by atoms with Crippen LogP contribution < -0.4 is 0 Å². The number of hydrogen-bond acceptors (Lipinski definition) is 3. The van der Waals surface area contributed by atoms with Gasteiger partial charge in [-0.2, -0.15) is 18.4 Å². The summed E-state index contributed by atoms with van der Waals surface area (Å²) in [6, 6.07) is 2.60. The van der Waals surface area contributed by atoms with Gasteiger partial charge in [0.05, 0.1) is 29.9 Å². The monoisotopic (exact) mass is 279 g/mol. The predicted molar refractivity (Wildman–Crippen MR) is 52.5 cm³/mol. The predicted octanol–water partition coefficient (Wildman–Crippen LogP) is 3.30. The zero-order valence-corrected chi connectivity index (χ0v) is 9.39. The van der Waals surface area contributed by atoms with Crippen LogP contribution in [0.3, 0.4) is 0 Å². The fourth-order valence-corrected chi connectivity index (χ4v) is 1.53. The Morgan fingerprint density at radius 3 is 2.32 bits per heavy atom. The molecule has 1 aromatic carbocycles. The summed E-state index contributed by atoms with van der Waals surface area (Å²) in [4.78, 5) is 11.2. The van der Waals surface area contributed by atoms with Crippen molar-refractivity contribution in [1.82, 2.24) is 0 Å². The number of alkyl halides is 5. The molecule has 0 atom stereocenters. The van der Waals surface area contributed by atoms with Gasteiger partial charge in [0.2, 0.25) is 0 Å². The van der Waals surface area contributed by atoms with Gasteiger partial charge in [-0.1, -0.05) is 0 Å². The number of rotatable bonds is 2. The first-order valence-electron chi connectivity index (χ1n) is 4.74. The number of nitriles is 1. The van der Waals surface area contributed by atoms with Crippen molar-refractivity contribution >= 4 is 5.97 Å². The molecule has 19 heavy (non-hydrogen) atoms. The van der Waals surface area contributed by atoms with E-state index in [1.165, 1.54) is 6.07 Å². The van der Waals surface area contributed by atoms with Crippen molar-refractivity contribution in [3.8, 4) is 6.07 Å². The number of ether oxygens (including phenoxy) is 1. The summed E-state index contributed by atoms with van der Waals surface area (Å²) in [6.45, 7) is 0. The Morgan fingerprint density at radius 1 is 1.37 bits per heavy atom. The Morgan fingerprint density at radius 2 is 1.95 bits per heavy atom. The molecule has 102 valence electrons. The van der Waals surface area contributed by atoms with E-state index in [4.69, 9.17) is 5.26 Å². The lowest BCUT2D eigenvalue weighted by molar-refractivity contribution is -0.140. The Bertz CT molecular complexity index is 545. The van der Waals surface area contributed by atoms with Crippen LogP contribution in [-0.2, 0) is 10.9 Å². The van der Waals surface area contributed by atoms with E-state index in [0.29, 0.717) is 6.07 Å². The number of hydrogen-bond donors (Lipinski definition) is 0. The third-order valence-corrected chi connectivity index (χ3v) is 2.27. The van der Waals surface area contributed by atoms with Crippen molar-refractivity contribution in [3.63, 3.8) is 0 Å². The summed E-state index contributed by atoms with van der Waals surface area (Å²) >= 11 is 0. The number of carbonyl (C=O) groups is 1. The van der Waals surface area contributed by atoms with Crippen LogP contribution in [0.2, 0.25) is 0 Å². The maximum absolute atomic E-state index is 12.8. The van der Waals surface area contributed by atoms with E-state index in [9.17, 15) is 26.7 Å². The van der Waals surface area contributed by atoms with Crippen LogP contribution >= 0.6 is 0 Å². The van der Waals surface area contributed by atoms with Crippen LogP contribution in [0.1, 0.15) is 33.5 Å². The molecule has 0 heterocycles. The Labute approximate surface area is 104 Å². The second-order valence-corrected chi connectivity index (χ2v) is 3.35. The number of nitrogens with zero attached hydrogens (tertiary/aromatic N) is 1. The highest BCUT2D eigenvalue weighted by molar-refractivity contribution is 5.92. The summed E-state index contributed by atoms with van der Waals surface area (Å²) in [5.41, 5.74) is -5.24. The minimum absolute atomic E-state index is 0.638. The van der Waals surface area contributed by atoms with Gasteiger partial charge in [-0.25, -0.2) is 13.6 Å². The van der Waals surface area contributed by atoms with Gasteiger partial charge in [0.1, 0.15) is 0 Å². The molecule has 0 aliphatic rings. The minimum atomic E-state index is -5.21.